The summed E-state index contributed by atoms with van der Waals surface area (Å²) >= 11 is 0. The second-order valence-corrected chi connectivity index (χ2v) is 27.7. The van der Waals surface area contributed by atoms with Crippen LogP contribution in [0.5, 0.6) is 0 Å². The van der Waals surface area contributed by atoms with Crippen LogP contribution in [0.25, 0.3) is 67.5 Å². The minimum absolute atomic E-state index is 0. The molecule has 0 saturated carbocycles. The van der Waals surface area contributed by atoms with E-state index in [9.17, 15) is 0 Å². The molecule has 0 bridgehead atoms. The molecule has 0 unspecified atom stereocenters. The van der Waals surface area contributed by atoms with Gasteiger partial charge in [0.1, 0.15) is 0 Å². The molecule has 109 heavy (non-hydrogen) atoms. The van der Waals surface area contributed by atoms with Crippen molar-refractivity contribution in [1.29, 1.82) is 0 Å². The van der Waals surface area contributed by atoms with Gasteiger partial charge in [-0.2, -0.15) is 0 Å². The van der Waals surface area contributed by atoms with Crippen LogP contribution in [0.3, 0.4) is 0 Å². The molecule has 1 aliphatic heterocycles. The lowest BCUT2D eigenvalue weighted by atomic mass is 9.94. The zero-order valence-corrected chi connectivity index (χ0v) is 62.5. The van der Waals surface area contributed by atoms with E-state index < -0.39 is 0 Å². The molecule has 1 saturated heterocycles. The van der Waals surface area contributed by atoms with Gasteiger partial charge in [-0.15, -0.1) is 0 Å². The lowest BCUT2D eigenvalue weighted by molar-refractivity contribution is 0.198. The van der Waals surface area contributed by atoms with Crippen LogP contribution in [0.15, 0.2) is 292 Å². The lowest BCUT2D eigenvalue weighted by Crippen LogP contribution is -2.00. The Hall–Kier alpha value is -12.6. The van der Waals surface area contributed by atoms with Crippen LogP contribution in [0.2, 0.25) is 0 Å². The van der Waals surface area contributed by atoms with Crippen LogP contribution in [-0.4, -0.2) is 51.5 Å². The third kappa shape index (κ3) is 22.9. The Morgan fingerprint density at radius 3 is 0.606 bits per heavy atom. The number of hydrogen-bond acceptors (Lipinski definition) is 7. The summed E-state index contributed by atoms with van der Waals surface area (Å²) < 4.78 is 4.94. The molecule has 0 spiro atoms. The zero-order chi connectivity index (χ0) is 73.5. The first kappa shape index (κ1) is 77.5. The van der Waals surface area contributed by atoms with Crippen molar-refractivity contribution in [2.45, 2.75) is 100 Å². The number of benzene rings is 8. The Bertz CT molecular complexity index is 4880. The Balaban J connectivity index is 0.000000200. The summed E-state index contributed by atoms with van der Waals surface area (Å²) in [5.74, 6) is 20.0. The van der Waals surface area contributed by atoms with E-state index in [0.29, 0.717) is 0 Å². The van der Waals surface area contributed by atoms with Crippen molar-refractivity contribution < 1.29 is 4.74 Å². The van der Waals surface area contributed by atoms with Crippen LogP contribution in [0.4, 0.5) is 0 Å². The van der Waals surface area contributed by atoms with E-state index in [1.807, 2.05) is 131 Å². The van der Waals surface area contributed by atoms with Crippen molar-refractivity contribution in [3.63, 3.8) is 0 Å². The molecule has 7 nitrogen and oxygen atoms in total. The van der Waals surface area contributed by atoms with Crippen molar-refractivity contribution in [3.05, 3.63) is 392 Å². The molecule has 8 heteroatoms. The van der Waals surface area contributed by atoms with Crippen LogP contribution < -0.4 is 0 Å². The number of aromatic nitrogens is 6. The number of hydrogen-bond donors (Lipinski definition) is 0. The SMILES string of the molecule is C.C1CCOC1.Cc1ccc(-c2ccc(C#Cc3cc(C#Cc4ccc(-c5ccc(C)cn5)cc4)cc(C#Cc4ccc(-c5ccc(C)cn5)cc4)c3)cc2)nc1.Cc1ccc(-c2ccc(CCc3cc(CCc4ccc(-c5ccc(C)cn5)cc4)cc(CCc4ccc(-c5ccc(C)cn5)cc4)c3)cc2)nc1.[B]. The predicted molar refractivity (Wildman–Crippen MR) is 452 cm³/mol. The summed E-state index contributed by atoms with van der Waals surface area (Å²) in [5, 5.41) is 0. The maximum absolute atomic E-state index is 4.94. The average molecular weight is 1410 g/mol. The summed E-state index contributed by atoms with van der Waals surface area (Å²) in [6.45, 7) is 14.3. The molecule has 0 atom stereocenters. The van der Waals surface area contributed by atoms with E-state index in [-0.39, 0.29) is 15.8 Å². The zero-order valence-electron chi connectivity index (χ0n) is 62.5. The van der Waals surface area contributed by atoms with Crippen molar-refractivity contribution in [2.75, 3.05) is 13.2 Å². The summed E-state index contributed by atoms with van der Waals surface area (Å²) in [7, 11) is 0. The summed E-state index contributed by atoms with van der Waals surface area (Å²) in [4.78, 5) is 27.5. The Kier molecular flexibility index (Phi) is 27.4. The van der Waals surface area contributed by atoms with Gasteiger partial charge >= 0.3 is 0 Å². The second-order valence-electron chi connectivity index (χ2n) is 27.7. The highest BCUT2D eigenvalue weighted by Gasteiger charge is 2.10. The first-order valence-electron chi connectivity index (χ1n) is 36.9. The van der Waals surface area contributed by atoms with E-state index in [1.54, 1.807) is 0 Å². The molecule has 533 valence electrons. The molecule has 14 aromatic rings. The fourth-order valence-corrected chi connectivity index (χ4v) is 12.5. The van der Waals surface area contributed by atoms with Crippen LogP contribution in [0.1, 0.15) is 120 Å². The van der Waals surface area contributed by atoms with Gasteiger partial charge < -0.3 is 4.74 Å². The van der Waals surface area contributed by atoms with Gasteiger partial charge in [0.25, 0.3) is 0 Å². The minimum Gasteiger partial charge on any atom is -0.381 e. The molecule has 3 radical (unpaired) electrons. The number of rotatable bonds is 15. The van der Waals surface area contributed by atoms with Crippen molar-refractivity contribution in [1.82, 2.24) is 29.9 Å². The minimum atomic E-state index is 0. The molecule has 0 amide bonds. The number of nitrogens with zero attached hydrogens (tertiary/aromatic N) is 6. The van der Waals surface area contributed by atoms with Gasteiger partial charge in [0.05, 0.1) is 34.2 Å². The van der Waals surface area contributed by atoms with Gasteiger partial charge in [0.2, 0.25) is 0 Å². The lowest BCUT2D eigenvalue weighted by Gasteiger charge is -2.12. The van der Waals surface area contributed by atoms with E-state index in [4.69, 9.17) is 4.74 Å². The van der Waals surface area contributed by atoms with Crippen LogP contribution in [-0.2, 0) is 43.3 Å². The van der Waals surface area contributed by atoms with E-state index in [0.717, 1.165) is 169 Å². The molecule has 1 fully saturated rings. The quantitative estimate of drug-likeness (QED) is 0.0746. The normalized spacial score (nSPS) is 11.1. The van der Waals surface area contributed by atoms with Crippen molar-refractivity contribution in [3.8, 4) is 103 Å². The van der Waals surface area contributed by atoms with Crippen molar-refractivity contribution in [2.24, 2.45) is 0 Å². The number of ether oxygens (including phenoxy) is 1. The fourth-order valence-electron chi connectivity index (χ4n) is 12.5. The first-order valence-corrected chi connectivity index (χ1v) is 36.9. The van der Waals surface area contributed by atoms with Crippen molar-refractivity contribution >= 4 is 8.41 Å². The highest BCUT2D eigenvalue weighted by Crippen LogP contribution is 2.27. The van der Waals surface area contributed by atoms with Gasteiger partial charge in [0.15, 0.2) is 0 Å². The second kappa shape index (κ2) is 38.6. The third-order valence-electron chi connectivity index (χ3n) is 18.8. The van der Waals surface area contributed by atoms with Crippen LogP contribution >= 0.6 is 0 Å². The van der Waals surface area contributed by atoms with E-state index in [1.165, 1.54) is 62.9 Å². The molecule has 0 N–H and O–H groups in total. The molecule has 1 aliphatic rings. The maximum atomic E-state index is 4.94. The topological polar surface area (TPSA) is 86.6 Å². The molecule has 15 rings (SSSR count). The summed E-state index contributed by atoms with van der Waals surface area (Å²) in [6, 6.07) is 89.6. The summed E-state index contributed by atoms with van der Waals surface area (Å²) in [6.07, 6.45) is 20.1. The molecule has 7 heterocycles. The largest absolute Gasteiger partial charge is 0.381 e. The predicted octanol–water partition coefficient (Wildman–Crippen LogP) is 22.2. The van der Waals surface area contributed by atoms with Gasteiger partial charge in [-0.05, 0) is 251 Å². The number of pyridine rings is 6. The first-order chi connectivity index (χ1) is 52.4. The van der Waals surface area contributed by atoms with Gasteiger partial charge in [-0.1, -0.05) is 207 Å². The standard InChI is InChI=1S/C48H45N3.C48H33N3.C4H8O.CH4.B/c2*1-34-4-25-46(49-31-34)43-19-13-37(14-20-43)7-10-40-28-41(11-8-38-15-21-44(22-16-38)47-26-5-35(2)32-50-47)30-42(29-40)12-9-39-17-23-45(24-18-39)48-27-6-36(3)33-51-48;1-2-4-5-3-1;;/h4-6,13-33H,7-12H2,1-3H3;4-6,13-33H,1-3H3;1-4H2;1H4;. The summed E-state index contributed by atoms with van der Waals surface area (Å²) in [5.41, 5.74) is 33.1. The van der Waals surface area contributed by atoms with Gasteiger partial charge in [-0.3, -0.25) is 29.9 Å². The average Bonchev–Trinajstić information content (AvgIpc) is 1.44. The van der Waals surface area contributed by atoms with Gasteiger partial charge in [-0.25, -0.2) is 0 Å². The molecule has 0 aliphatic carbocycles. The third-order valence-corrected chi connectivity index (χ3v) is 18.8. The Labute approximate surface area is 647 Å². The Morgan fingerprint density at radius 1 is 0.229 bits per heavy atom. The highest BCUT2D eigenvalue weighted by molar-refractivity contribution is 5.75. The van der Waals surface area contributed by atoms with Crippen LogP contribution in [0, 0.1) is 77.1 Å². The Morgan fingerprint density at radius 2 is 0.422 bits per heavy atom. The maximum Gasteiger partial charge on any atom is 0.0702 e. The monoisotopic (exact) mass is 1410 g/mol. The van der Waals surface area contributed by atoms with Gasteiger partial charge in [0, 0.05) is 126 Å². The fraction of sp³-hybridized carbons (Fsp3) is 0.168. The highest BCUT2D eigenvalue weighted by atomic mass is 16.5. The smallest absolute Gasteiger partial charge is 0.0702 e. The number of aryl methyl sites for hydroxylation is 12. The van der Waals surface area contributed by atoms with E-state index in [2.05, 4.69) is 268 Å². The van der Waals surface area contributed by atoms with E-state index >= 15 is 0 Å². The molecule has 6 aromatic heterocycles. The molecular weight excluding hydrogens is 1320 g/mol. The molecular formula is C101H90BN6O. The molecule has 8 aromatic carbocycles.